The maximum absolute atomic E-state index is 11.0. The average molecular weight is 191 g/mol. The molecule has 0 fully saturated rings. The zero-order chi connectivity index (χ0) is 10.6. The van der Waals surface area contributed by atoms with Crippen molar-refractivity contribution in [2.24, 2.45) is 0 Å². The third-order valence-corrected chi connectivity index (χ3v) is 2.41. The minimum Gasteiger partial charge on any atom is -0.326 e. The van der Waals surface area contributed by atoms with Gasteiger partial charge in [0.15, 0.2) is 0 Å². The van der Waals surface area contributed by atoms with Gasteiger partial charge < -0.3 is 5.32 Å². The van der Waals surface area contributed by atoms with Crippen LogP contribution in [0.1, 0.15) is 38.7 Å². The van der Waals surface area contributed by atoms with Gasteiger partial charge in [0.2, 0.25) is 5.91 Å². The molecule has 0 aliphatic rings. The van der Waals surface area contributed by atoms with Gasteiger partial charge in [-0.25, -0.2) is 0 Å². The topological polar surface area (TPSA) is 29.1 Å². The van der Waals surface area contributed by atoms with E-state index in [2.05, 4.69) is 25.2 Å². The van der Waals surface area contributed by atoms with Crippen molar-refractivity contribution in [3.8, 4) is 0 Å². The lowest BCUT2D eigenvalue weighted by Gasteiger charge is -2.14. The highest BCUT2D eigenvalue weighted by molar-refractivity contribution is 5.89. The van der Waals surface area contributed by atoms with Gasteiger partial charge in [-0.1, -0.05) is 32.0 Å². The summed E-state index contributed by atoms with van der Waals surface area (Å²) < 4.78 is 0. The highest BCUT2D eigenvalue weighted by Crippen LogP contribution is 2.26. The number of carbonyl (C=O) groups excluding carboxylic acids is 1. The zero-order valence-electron chi connectivity index (χ0n) is 9.00. The number of para-hydroxylation sites is 1. The lowest BCUT2D eigenvalue weighted by molar-refractivity contribution is -0.114. The first-order chi connectivity index (χ1) is 6.65. The van der Waals surface area contributed by atoms with Crippen molar-refractivity contribution < 1.29 is 4.79 Å². The van der Waals surface area contributed by atoms with E-state index in [4.69, 9.17) is 0 Å². The van der Waals surface area contributed by atoms with Crippen LogP contribution < -0.4 is 5.32 Å². The SMILES string of the molecule is CC[C@H](C)c1ccccc1NC(C)=O. The second-order valence-corrected chi connectivity index (χ2v) is 3.58. The van der Waals surface area contributed by atoms with Gasteiger partial charge in [-0.15, -0.1) is 0 Å². The van der Waals surface area contributed by atoms with Crippen LogP contribution in [-0.2, 0) is 4.79 Å². The summed E-state index contributed by atoms with van der Waals surface area (Å²) in [7, 11) is 0. The van der Waals surface area contributed by atoms with E-state index in [9.17, 15) is 4.79 Å². The molecular formula is C12H17NO. The first-order valence-electron chi connectivity index (χ1n) is 5.01. The van der Waals surface area contributed by atoms with Crippen molar-refractivity contribution in [2.45, 2.75) is 33.1 Å². The predicted octanol–water partition coefficient (Wildman–Crippen LogP) is 3.16. The first kappa shape index (κ1) is 10.8. The summed E-state index contributed by atoms with van der Waals surface area (Å²) in [5.74, 6) is 0.471. The van der Waals surface area contributed by atoms with Gasteiger partial charge in [0.25, 0.3) is 0 Å². The van der Waals surface area contributed by atoms with Crippen LogP contribution in [0.15, 0.2) is 24.3 Å². The third-order valence-electron chi connectivity index (χ3n) is 2.41. The van der Waals surface area contributed by atoms with E-state index in [0.29, 0.717) is 5.92 Å². The second kappa shape index (κ2) is 4.80. The summed E-state index contributed by atoms with van der Waals surface area (Å²) in [5.41, 5.74) is 2.15. The van der Waals surface area contributed by atoms with E-state index < -0.39 is 0 Å². The van der Waals surface area contributed by atoms with Gasteiger partial charge in [0.05, 0.1) is 0 Å². The Morgan fingerprint density at radius 1 is 1.43 bits per heavy atom. The van der Waals surface area contributed by atoms with Crippen molar-refractivity contribution >= 4 is 11.6 Å². The monoisotopic (exact) mass is 191 g/mol. The second-order valence-electron chi connectivity index (χ2n) is 3.58. The molecule has 0 radical (unpaired) electrons. The van der Waals surface area contributed by atoms with Crippen LogP contribution in [0.25, 0.3) is 0 Å². The Labute approximate surface area is 85.3 Å². The normalized spacial score (nSPS) is 12.2. The van der Waals surface area contributed by atoms with Crippen LogP contribution in [0, 0.1) is 0 Å². The largest absolute Gasteiger partial charge is 0.326 e. The molecule has 0 aliphatic heterocycles. The average Bonchev–Trinajstić information content (AvgIpc) is 2.16. The molecule has 2 nitrogen and oxygen atoms in total. The van der Waals surface area contributed by atoms with Gasteiger partial charge in [-0.2, -0.15) is 0 Å². The summed E-state index contributed by atoms with van der Waals surface area (Å²) >= 11 is 0. The van der Waals surface area contributed by atoms with E-state index in [1.807, 2.05) is 18.2 Å². The van der Waals surface area contributed by atoms with Crippen molar-refractivity contribution in [1.82, 2.24) is 0 Å². The molecule has 0 aliphatic carbocycles. The number of amides is 1. The van der Waals surface area contributed by atoms with Gasteiger partial charge in [-0.3, -0.25) is 4.79 Å². The standard InChI is InChI=1S/C12H17NO/c1-4-9(2)11-7-5-6-8-12(11)13-10(3)14/h5-9H,4H2,1-3H3,(H,13,14)/t9-/m0/s1. The van der Waals surface area contributed by atoms with Crippen LogP contribution in [0.3, 0.4) is 0 Å². The lowest BCUT2D eigenvalue weighted by atomic mass is 9.97. The summed E-state index contributed by atoms with van der Waals surface area (Å²) in [6.45, 7) is 5.85. The molecule has 1 amide bonds. The molecule has 1 aromatic rings. The third kappa shape index (κ3) is 2.59. The maximum atomic E-state index is 11.0. The number of nitrogens with one attached hydrogen (secondary N) is 1. The summed E-state index contributed by atoms with van der Waals surface area (Å²) in [4.78, 5) is 11.0. The fraction of sp³-hybridized carbons (Fsp3) is 0.417. The van der Waals surface area contributed by atoms with Crippen molar-refractivity contribution in [3.05, 3.63) is 29.8 Å². The quantitative estimate of drug-likeness (QED) is 0.781. The molecule has 1 atom stereocenters. The Balaban J connectivity index is 2.96. The molecule has 0 saturated carbocycles. The fourth-order valence-corrected chi connectivity index (χ4v) is 1.45. The van der Waals surface area contributed by atoms with Crippen molar-refractivity contribution in [2.75, 3.05) is 5.32 Å². The first-order valence-corrected chi connectivity index (χ1v) is 5.01. The number of hydrogen-bond acceptors (Lipinski definition) is 1. The van der Waals surface area contributed by atoms with E-state index >= 15 is 0 Å². The summed E-state index contributed by atoms with van der Waals surface area (Å²) in [5, 5.41) is 2.85. The smallest absolute Gasteiger partial charge is 0.221 e. The number of hydrogen-bond donors (Lipinski definition) is 1. The van der Waals surface area contributed by atoms with Gasteiger partial charge in [-0.05, 0) is 24.0 Å². The van der Waals surface area contributed by atoms with Crippen LogP contribution in [0.4, 0.5) is 5.69 Å². The van der Waals surface area contributed by atoms with Gasteiger partial charge >= 0.3 is 0 Å². The van der Waals surface area contributed by atoms with Gasteiger partial charge in [0.1, 0.15) is 0 Å². The van der Waals surface area contributed by atoms with Gasteiger partial charge in [0, 0.05) is 12.6 Å². The molecule has 0 saturated heterocycles. The summed E-state index contributed by atoms with van der Waals surface area (Å²) in [6.07, 6.45) is 1.08. The number of carbonyl (C=O) groups is 1. The van der Waals surface area contributed by atoms with Crippen molar-refractivity contribution in [3.63, 3.8) is 0 Å². The Morgan fingerprint density at radius 2 is 2.07 bits per heavy atom. The van der Waals surface area contributed by atoms with E-state index in [1.165, 1.54) is 12.5 Å². The van der Waals surface area contributed by atoms with Crippen LogP contribution in [-0.4, -0.2) is 5.91 Å². The Kier molecular flexibility index (Phi) is 3.69. The predicted molar refractivity (Wildman–Crippen MR) is 59.5 cm³/mol. The minimum atomic E-state index is -0.0132. The molecule has 0 unspecified atom stereocenters. The molecule has 0 heterocycles. The summed E-state index contributed by atoms with van der Waals surface area (Å²) in [6, 6.07) is 7.96. The van der Waals surface area contributed by atoms with E-state index in [1.54, 1.807) is 0 Å². The van der Waals surface area contributed by atoms with E-state index in [0.717, 1.165) is 12.1 Å². The molecule has 2 heteroatoms. The highest BCUT2D eigenvalue weighted by Gasteiger charge is 2.08. The minimum absolute atomic E-state index is 0.0132. The van der Waals surface area contributed by atoms with Crippen molar-refractivity contribution in [1.29, 1.82) is 0 Å². The Hall–Kier alpha value is -1.31. The van der Waals surface area contributed by atoms with Crippen LogP contribution in [0.5, 0.6) is 0 Å². The molecule has 0 aromatic heterocycles. The Morgan fingerprint density at radius 3 is 2.64 bits per heavy atom. The molecule has 76 valence electrons. The fourth-order valence-electron chi connectivity index (χ4n) is 1.45. The highest BCUT2D eigenvalue weighted by atomic mass is 16.1. The maximum Gasteiger partial charge on any atom is 0.221 e. The lowest BCUT2D eigenvalue weighted by Crippen LogP contribution is -2.09. The number of benzene rings is 1. The van der Waals surface area contributed by atoms with E-state index in [-0.39, 0.29) is 5.91 Å². The zero-order valence-corrected chi connectivity index (χ0v) is 9.00. The number of rotatable bonds is 3. The Bertz CT molecular complexity index is 320. The molecular weight excluding hydrogens is 174 g/mol. The number of anilines is 1. The molecule has 1 N–H and O–H groups in total. The molecule has 14 heavy (non-hydrogen) atoms. The van der Waals surface area contributed by atoms with Crippen LogP contribution >= 0.6 is 0 Å². The molecule has 1 rings (SSSR count). The molecule has 0 spiro atoms. The van der Waals surface area contributed by atoms with Crippen LogP contribution in [0.2, 0.25) is 0 Å². The molecule has 1 aromatic carbocycles. The molecule has 0 bridgehead atoms.